The Bertz CT molecular complexity index is 648. The van der Waals surface area contributed by atoms with Gasteiger partial charge in [0.25, 0.3) is 0 Å². The van der Waals surface area contributed by atoms with E-state index in [0.29, 0.717) is 13.0 Å². The van der Waals surface area contributed by atoms with Crippen molar-refractivity contribution in [3.63, 3.8) is 0 Å². The molecule has 1 aromatic carbocycles. The first kappa shape index (κ1) is 16.1. The number of fused-ring (bicyclic) bond motifs is 1. The van der Waals surface area contributed by atoms with E-state index >= 15 is 0 Å². The molecule has 5 heteroatoms. The molecule has 0 unspecified atom stereocenters. The minimum Gasteiger partial charge on any atom is -0.480 e. The summed E-state index contributed by atoms with van der Waals surface area (Å²) in [7, 11) is 0. The van der Waals surface area contributed by atoms with Crippen molar-refractivity contribution in [1.29, 1.82) is 0 Å². The van der Waals surface area contributed by atoms with Crippen molar-refractivity contribution >= 4 is 22.8 Å². The molecule has 2 aromatic rings. The Labute approximate surface area is 129 Å². The minimum atomic E-state index is -0.965. The highest BCUT2D eigenvalue weighted by Crippen LogP contribution is 2.15. The van der Waals surface area contributed by atoms with Crippen LogP contribution in [0.3, 0.4) is 0 Å². The van der Waals surface area contributed by atoms with Gasteiger partial charge in [-0.05, 0) is 23.9 Å². The summed E-state index contributed by atoms with van der Waals surface area (Å²) in [6, 6.07) is 9.20. The number of unbranched alkanes of at least 4 members (excludes halogenated alkanes) is 1. The summed E-state index contributed by atoms with van der Waals surface area (Å²) in [6.45, 7) is 2.54. The second-order valence-corrected chi connectivity index (χ2v) is 5.42. The van der Waals surface area contributed by atoms with Gasteiger partial charge in [0, 0.05) is 24.7 Å². The molecule has 118 valence electrons. The van der Waals surface area contributed by atoms with E-state index in [0.717, 1.165) is 23.7 Å². The number of carbonyl (C=O) groups excluding carboxylic acids is 1. The van der Waals surface area contributed by atoms with Gasteiger partial charge in [0.1, 0.15) is 6.04 Å². The molecule has 0 aliphatic carbocycles. The lowest BCUT2D eigenvalue weighted by molar-refractivity contribution is -0.142. The molecular formula is C17H22N2O3. The Kier molecular flexibility index (Phi) is 5.58. The number of hydrogen-bond acceptors (Lipinski definition) is 2. The molecule has 0 aliphatic rings. The predicted octanol–water partition coefficient (Wildman–Crippen LogP) is 2.79. The maximum Gasteiger partial charge on any atom is 0.326 e. The monoisotopic (exact) mass is 302 g/mol. The zero-order valence-corrected chi connectivity index (χ0v) is 12.8. The maximum atomic E-state index is 12.0. The summed E-state index contributed by atoms with van der Waals surface area (Å²) in [6.07, 6.45) is 4.40. The summed E-state index contributed by atoms with van der Waals surface area (Å²) in [5.41, 5.74) is 1.08. The van der Waals surface area contributed by atoms with Gasteiger partial charge < -0.3 is 15.0 Å². The zero-order chi connectivity index (χ0) is 15.9. The number of nitrogens with one attached hydrogen (secondary N) is 1. The van der Waals surface area contributed by atoms with Gasteiger partial charge in [0.05, 0.1) is 0 Å². The Morgan fingerprint density at radius 3 is 2.77 bits per heavy atom. The molecule has 1 heterocycles. The first-order chi connectivity index (χ1) is 10.6. The molecular weight excluding hydrogens is 280 g/mol. The second-order valence-electron chi connectivity index (χ2n) is 5.42. The molecule has 0 saturated carbocycles. The average Bonchev–Trinajstić information content (AvgIpc) is 2.92. The fourth-order valence-electron chi connectivity index (χ4n) is 2.49. The van der Waals surface area contributed by atoms with Gasteiger partial charge in [-0.1, -0.05) is 38.0 Å². The van der Waals surface area contributed by atoms with Crippen LogP contribution in [0.25, 0.3) is 10.9 Å². The lowest BCUT2D eigenvalue weighted by atomic mass is 10.1. The van der Waals surface area contributed by atoms with Crippen LogP contribution in [0.15, 0.2) is 36.5 Å². The van der Waals surface area contributed by atoms with Crippen molar-refractivity contribution in [2.75, 3.05) is 0 Å². The fourth-order valence-corrected chi connectivity index (χ4v) is 2.49. The smallest absolute Gasteiger partial charge is 0.326 e. The molecule has 1 atom stereocenters. The number of carbonyl (C=O) groups is 2. The van der Waals surface area contributed by atoms with Crippen LogP contribution in [0, 0.1) is 0 Å². The van der Waals surface area contributed by atoms with E-state index in [1.165, 1.54) is 0 Å². The predicted molar refractivity (Wildman–Crippen MR) is 85.6 cm³/mol. The number of nitrogens with zero attached hydrogens (tertiary/aromatic N) is 1. The third-order valence-electron chi connectivity index (χ3n) is 3.74. The van der Waals surface area contributed by atoms with Crippen molar-refractivity contribution in [3.8, 4) is 0 Å². The molecule has 1 aromatic heterocycles. The largest absolute Gasteiger partial charge is 0.480 e. The highest BCUT2D eigenvalue weighted by Gasteiger charge is 2.18. The van der Waals surface area contributed by atoms with Crippen molar-refractivity contribution in [3.05, 3.63) is 36.5 Å². The van der Waals surface area contributed by atoms with Gasteiger partial charge in [-0.15, -0.1) is 0 Å². The third kappa shape index (κ3) is 4.10. The Morgan fingerprint density at radius 2 is 2.05 bits per heavy atom. The molecule has 0 saturated heterocycles. The van der Waals surface area contributed by atoms with Gasteiger partial charge >= 0.3 is 5.97 Å². The Balaban J connectivity index is 1.90. The molecule has 0 spiro atoms. The van der Waals surface area contributed by atoms with Crippen LogP contribution in [0.2, 0.25) is 0 Å². The van der Waals surface area contributed by atoms with Gasteiger partial charge in [-0.3, -0.25) is 4.79 Å². The van der Waals surface area contributed by atoms with Crippen molar-refractivity contribution in [1.82, 2.24) is 9.88 Å². The molecule has 0 fully saturated rings. The number of aliphatic carboxylic acids is 1. The molecule has 0 bridgehead atoms. The summed E-state index contributed by atoms with van der Waals surface area (Å²) < 4.78 is 2.01. The number of aromatic nitrogens is 1. The molecule has 1 amide bonds. The number of para-hydroxylation sites is 1. The summed E-state index contributed by atoms with van der Waals surface area (Å²) >= 11 is 0. The normalized spacial score (nSPS) is 12.2. The molecule has 2 N–H and O–H groups in total. The molecule has 2 rings (SSSR count). The second kappa shape index (κ2) is 7.64. The quantitative estimate of drug-likeness (QED) is 0.787. The van der Waals surface area contributed by atoms with Crippen LogP contribution in [-0.2, 0) is 16.1 Å². The van der Waals surface area contributed by atoms with E-state index in [1.54, 1.807) is 0 Å². The van der Waals surface area contributed by atoms with Crippen LogP contribution in [-0.4, -0.2) is 27.6 Å². The third-order valence-corrected chi connectivity index (χ3v) is 3.74. The molecule has 0 aliphatic heterocycles. The fraction of sp³-hybridized carbons (Fsp3) is 0.412. The van der Waals surface area contributed by atoms with Crippen molar-refractivity contribution in [2.24, 2.45) is 0 Å². The van der Waals surface area contributed by atoms with Crippen LogP contribution >= 0.6 is 0 Å². The van der Waals surface area contributed by atoms with Crippen molar-refractivity contribution in [2.45, 2.75) is 45.2 Å². The standard InChI is InChI=1S/C17H22N2O3/c1-2-3-7-14(17(21)22)18-16(20)10-12-19-11-9-13-6-4-5-8-15(13)19/h4-6,8-9,11,14H,2-3,7,10,12H2,1H3,(H,18,20)(H,21,22)/t14-/m0/s1. The lowest BCUT2D eigenvalue weighted by Gasteiger charge is -2.14. The van der Waals surface area contributed by atoms with Crippen LogP contribution < -0.4 is 5.32 Å². The zero-order valence-electron chi connectivity index (χ0n) is 12.8. The number of rotatable bonds is 8. The lowest BCUT2D eigenvalue weighted by Crippen LogP contribution is -2.41. The number of amides is 1. The maximum absolute atomic E-state index is 12.0. The SMILES string of the molecule is CCCC[C@H](NC(=O)CCn1ccc2ccccc21)C(=O)O. The first-order valence-electron chi connectivity index (χ1n) is 7.68. The van der Waals surface area contributed by atoms with Crippen LogP contribution in [0.1, 0.15) is 32.6 Å². The number of hydrogen-bond donors (Lipinski definition) is 2. The van der Waals surface area contributed by atoms with E-state index in [1.807, 2.05) is 48.0 Å². The van der Waals surface area contributed by atoms with Crippen LogP contribution in [0.4, 0.5) is 0 Å². The van der Waals surface area contributed by atoms with Gasteiger partial charge in [-0.2, -0.15) is 0 Å². The number of carboxylic acid groups (broad SMARTS) is 1. The Hall–Kier alpha value is -2.30. The van der Waals surface area contributed by atoms with Crippen LogP contribution in [0.5, 0.6) is 0 Å². The summed E-state index contributed by atoms with van der Waals surface area (Å²) in [4.78, 5) is 23.1. The Morgan fingerprint density at radius 1 is 1.27 bits per heavy atom. The average molecular weight is 302 g/mol. The number of carboxylic acids is 1. The van der Waals surface area contributed by atoms with E-state index in [2.05, 4.69) is 5.32 Å². The van der Waals surface area contributed by atoms with E-state index in [4.69, 9.17) is 5.11 Å². The highest BCUT2D eigenvalue weighted by atomic mass is 16.4. The summed E-state index contributed by atoms with van der Waals surface area (Å²) in [5, 5.41) is 12.9. The topological polar surface area (TPSA) is 71.3 Å². The number of benzene rings is 1. The van der Waals surface area contributed by atoms with Gasteiger partial charge in [0.15, 0.2) is 0 Å². The molecule has 5 nitrogen and oxygen atoms in total. The van der Waals surface area contributed by atoms with Crippen molar-refractivity contribution < 1.29 is 14.7 Å². The minimum absolute atomic E-state index is 0.221. The van der Waals surface area contributed by atoms with E-state index < -0.39 is 12.0 Å². The van der Waals surface area contributed by atoms with Gasteiger partial charge in [-0.25, -0.2) is 4.79 Å². The van der Waals surface area contributed by atoms with E-state index in [9.17, 15) is 9.59 Å². The first-order valence-corrected chi connectivity index (χ1v) is 7.68. The number of aryl methyl sites for hydroxylation is 1. The summed E-state index contributed by atoms with van der Waals surface area (Å²) in [5.74, 6) is -1.19. The van der Waals surface area contributed by atoms with E-state index in [-0.39, 0.29) is 12.3 Å². The molecule has 22 heavy (non-hydrogen) atoms. The highest BCUT2D eigenvalue weighted by molar-refractivity contribution is 5.84. The molecule has 0 radical (unpaired) electrons. The van der Waals surface area contributed by atoms with Gasteiger partial charge in [0.2, 0.25) is 5.91 Å².